The molecule has 0 saturated heterocycles. The molecule has 0 aliphatic carbocycles. The third-order valence-electron chi connectivity index (χ3n) is 15.1. The highest BCUT2D eigenvalue weighted by Gasteiger charge is 2.36. The minimum atomic E-state index is -4.83. The maximum absolute atomic E-state index is 14.2. The Kier molecular flexibility index (Phi) is 30.4. The lowest BCUT2D eigenvalue weighted by molar-refractivity contribution is -0.275. The van der Waals surface area contributed by atoms with Gasteiger partial charge < -0.3 is 72.7 Å². The lowest BCUT2D eigenvalue weighted by Crippen LogP contribution is -2.17. The van der Waals surface area contributed by atoms with Crippen LogP contribution in [0.2, 0.25) is 0 Å². The Morgan fingerprint density at radius 2 is 0.708 bits per heavy atom. The van der Waals surface area contributed by atoms with Gasteiger partial charge in [-0.2, -0.15) is 33.1 Å². The van der Waals surface area contributed by atoms with Crippen molar-refractivity contribution < 1.29 is 86.1 Å². The zero-order valence-electron chi connectivity index (χ0n) is 62.8. The van der Waals surface area contributed by atoms with Crippen LogP contribution >= 0.6 is 0 Å². The summed E-state index contributed by atoms with van der Waals surface area (Å²) in [5.41, 5.74) is 5.09. The SMILES string of the molecule is C/C=C/C(=O)c1cccc(Nc2nc(Nc3cccc(OC)c3)ncc2C(F)(F)F)c1.C=CC(=O)Nc1cccc(Nc2nc(Nc3ccc(F)cc3)ncc2F)c1.C=CC(=O)Nc1cccc(Nc2nc(Nc3cccc(OC(F)(F)F)c3)ncc2C)c1.C=CC(=O)Nc1cccc(Nc2nc(Nc3cccc(OC(F)(F)F)c3)ncc2F)c1. The number of allylic oxidation sites excluding steroid dienone is 2. The van der Waals surface area contributed by atoms with Gasteiger partial charge in [-0.25, -0.2) is 33.1 Å². The number of nitrogens with zero attached hydrogens (tertiary/aromatic N) is 8. The van der Waals surface area contributed by atoms with E-state index in [0.29, 0.717) is 74.5 Å². The molecule has 0 bridgehead atoms. The fourth-order valence-electron chi connectivity index (χ4n) is 9.84. The van der Waals surface area contributed by atoms with Crippen LogP contribution in [-0.4, -0.2) is 83.2 Å². The highest BCUT2D eigenvalue weighted by molar-refractivity contribution is 6.05. The number of carbonyl (C=O) groups excluding carboxylic acids is 4. The van der Waals surface area contributed by atoms with Crippen molar-refractivity contribution in [2.45, 2.75) is 32.7 Å². The second-order valence-corrected chi connectivity index (χ2v) is 24.1. The summed E-state index contributed by atoms with van der Waals surface area (Å²) >= 11 is 0. The number of aromatic nitrogens is 8. The first-order valence-electron chi connectivity index (χ1n) is 34.7. The number of carbonyl (C=O) groups is 4. The lowest BCUT2D eigenvalue weighted by Gasteiger charge is -2.15. The van der Waals surface area contributed by atoms with E-state index >= 15 is 0 Å². The number of rotatable bonds is 27. The predicted molar refractivity (Wildman–Crippen MR) is 431 cm³/mol. The molecule has 26 nitrogen and oxygen atoms in total. The smallest absolute Gasteiger partial charge is 0.497 e. The zero-order valence-corrected chi connectivity index (χ0v) is 62.8. The molecule has 120 heavy (non-hydrogen) atoms. The van der Waals surface area contributed by atoms with Crippen molar-refractivity contribution in [3.63, 3.8) is 0 Å². The van der Waals surface area contributed by atoms with Crippen molar-refractivity contribution in [3.8, 4) is 17.2 Å². The van der Waals surface area contributed by atoms with Crippen LogP contribution in [0.3, 0.4) is 0 Å². The van der Waals surface area contributed by atoms with Crippen molar-refractivity contribution in [1.82, 2.24) is 39.9 Å². The molecule has 0 fully saturated rings. The maximum Gasteiger partial charge on any atom is 0.573 e. The van der Waals surface area contributed by atoms with Gasteiger partial charge in [0.1, 0.15) is 40.3 Å². The van der Waals surface area contributed by atoms with Crippen LogP contribution < -0.4 is 72.7 Å². The number of ether oxygens (including phenoxy) is 3. The molecule has 12 rings (SSSR count). The summed E-state index contributed by atoms with van der Waals surface area (Å²) < 4.78 is 169. The molecule has 0 aliphatic heterocycles. The lowest BCUT2D eigenvalue weighted by atomic mass is 10.1. The van der Waals surface area contributed by atoms with Crippen molar-refractivity contribution >= 4 is 133 Å². The summed E-state index contributed by atoms with van der Waals surface area (Å²) in [7, 11) is 1.50. The molecular weight excluding hydrogens is 1590 g/mol. The molecule has 0 atom stereocenters. The number of alkyl halides is 9. The number of halogens is 12. The highest BCUT2D eigenvalue weighted by Crippen LogP contribution is 2.37. The van der Waals surface area contributed by atoms with E-state index in [1.54, 1.807) is 147 Å². The molecule has 0 aliphatic rings. The Bertz CT molecular complexity index is 5490. The topological polar surface area (TPSA) is 331 Å². The number of hydrogen-bond donors (Lipinski definition) is 11. The second kappa shape index (κ2) is 41.4. The number of hydrogen-bond acceptors (Lipinski definition) is 23. The van der Waals surface area contributed by atoms with Crippen LogP contribution in [0.25, 0.3) is 0 Å². The van der Waals surface area contributed by atoms with E-state index in [4.69, 9.17) is 4.74 Å². The molecule has 0 unspecified atom stereocenters. The van der Waals surface area contributed by atoms with Crippen LogP contribution in [0.5, 0.6) is 17.2 Å². The number of amides is 3. The van der Waals surface area contributed by atoms with Crippen molar-refractivity contribution in [2.24, 2.45) is 0 Å². The predicted octanol–water partition coefficient (Wildman–Crippen LogP) is 20.5. The van der Waals surface area contributed by atoms with E-state index in [1.807, 2.05) is 0 Å². The molecule has 4 aromatic heterocycles. The van der Waals surface area contributed by atoms with Crippen molar-refractivity contribution in [1.29, 1.82) is 0 Å². The highest BCUT2D eigenvalue weighted by atomic mass is 19.4. The summed E-state index contributed by atoms with van der Waals surface area (Å²) in [6.45, 7) is 13.7. The van der Waals surface area contributed by atoms with Gasteiger partial charge >= 0.3 is 18.9 Å². The number of benzene rings is 8. The minimum Gasteiger partial charge on any atom is -0.497 e. The molecule has 38 heteroatoms. The first-order chi connectivity index (χ1) is 57.3. The van der Waals surface area contributed by atoms with Crippen LogP contribution in [0, 0.1) is 24.4 Å². The van der Waals surface area contributed by atoms with E-state index in [2.05, 4.69) is 128 Å². The molecule has 0 radical (unpaired) electrons. The Morgan fingerprint density at radius 1 is 0.375 bits per heavy atom. The maximum atomic E-state index is 14.2. The molecule has 4 heterocycles. The molecule has 12 aromatic rings. The van der Waals surface area contributed by atoms with Gasteiger partial charge in [0.25, 0.3) is 0 Å². The Labute approximate surface area is 675 Å². The zero-order chi connectivity index (χ0) is 86.5. The number of aryl methyl sites for hydroxylation is 1. The van der Waals surface area contributed by atoms with Gasteiger partial charge in [0.05, 0.1) is 19.5 Å². The van der Waals surface area contributed by atoms with E-state index in [1.165, 1.54) is 79.9 Å². The Morgan fingerprint density at radius 3 is 1.12 bits per heavy atom. The molecule has 616 valence electrons. The average Bonchev–Trinajstić information content (AvgIpc) is 0.815. The van der Waals surface area contributed by atoms with E-state index in [0.717, 1.165) is 42.2 Å². The van der Waals surface area contributed by atoms with E-state index in [-0.39, 0.29) is 76.0 Å². The fraction of sp³-hybridized carbons (Fsp3) is 0.0732. The van der Waals surface area contributed by atoms with Gasteiger partial charge in [-0.05, 0) is 166 Å². The quantitative estimate of drug-likeness (QED) is 0.0129. The summed E-state index contributed by atoms with van der Waals surface area (Å²) in [6.07, 6.45) is -3.71. The molecule has 0 spiro atoms. The molecule has 0 saturated carbocycles. The van der Waals surface area contributed by atoms with Crippen LogP contribution in [0.4, 0.5) is 162 Å². The molecule has 8 aromatic carbocycles. The van der Waals surface area contributed by atoms with Crippen LogP contribution in [0.15, 0.2) is 269 Å². The van der Waals surface area contributed by atoms with E-state index in [9.17, 15) is 71.9 Å². The second-order valence-electron chi connectivity index (χ2n) is 24.1. The fourth-order valence-corrected chi connectivity index (χ4v) is 9.84. The molecular formula is C82H67F12N19O7. The van der Waals surface area contributed by atoms with Gasteiger partial charge in [0, 0.05) is 104 Å². The first-order valence-corrected chi connectivity index (χ1v) is 34.7. The number of anilines is 19. The van der Waals surface area contributed by atoms with Gasteiger partial charge in [-0.1, -0.05) is 74.3 Å². The Balaban J connectivity index is 0.000000182. The summed E-state index contributed by atoms with van der Waals surface area (Å²) in [5.74, 6) is -3.36. The number of ketones is 1. The summed E-state index contributed by atoms with van der Waals surface area (Å²) in [4.78, 5) is 78.4. The van der Waals surface area contributed by atoms with Gasteiger partial charge in [0.2, 0.25) is 41.5 Å². The van der Waals surface area contributed by atoms with Gasteiger partial charge in [-0.3, -0.25) is 19.2 Å². The van der Waals surface area contributed by atoms with Gasteiger partial charge in [-0.15, -0.1) is 26.3 Å². The standard InChI is InChI=1S/C22H19F3N4O2.C21H18F3N5O2.C20H15F4N5O2.C19H15F2N5O/c1-3-6-19(30)14-7-4-8-15(11-14)27-20-18(22(23,24)25)13-26-21(29-20)28-16-9-5-10-17(12-16)31-2;1-3-18(30)26-14-6-4-7-15(10-14)27-19-13(2)12-25-20(29-19)28-16-8-5-9-17(11-16)31-21(22,23)24;1-2-17(30)26-12-5-3-6-13(9-12)27-18-16(21)11-25-19(29-18)28-14-7-4-8-15(10-14)31-20(22,23)24;1-2-17(27)23-14-4-3-5-15(10-14)24-18-16(21)11-22-19(26-18)25-13-8-6-12(20)7-9-13/h3-13H,1-2H3,(H2,26,27,28,29);3-12H,1H2,2H3,(H,26,30)(H2,25,27,28,29);2-11H,1H2,(H,26,30)(H2,25,27,28,29);2-11H,1H2,(H,23,27)(H2,22,24,25,26)/b6-3+;;;. The van der Waals surface area contributed by atoms with Crippen molar-refractivity contribution in [3.05, 3.63) is 303 Å². The normalized spacial score (nSPS) is 10.8. The average molecular weight is 1660 g/mol. The van der Waals surface area contributed by atoms with Crippen molar-refractivity contribution in [2.75, 3.05) is 65.6 Å². The third kappa shape index (κ3) is 28.6. The van der Waals surface area contributed by atoms with Gasteiger partial charge in [0.15, 0.2) is 29.1 Å². The first kappa shape index (κ1) is 88.0. The van der Waals surface area contributed by atoms with Crippen LogP contribution in [-0.2, 0) is 20.6 Å². The Hall–Kier alpha value is -15.9. The molecule has 11 N–H and O–H groups in total. The summed E-state index contributed by atoms with van der Waals surface area (Å²) in [6, 6.07) is 49.1. The molecule has 3 amide bonds. The number of methoxy groups -OCH3 is 1. The minimum absolute atomic E-state index is 0.0371. The third-order valence-corrected chi connectivity index (χ3v) is 15.1. The summed E-state index contributed by atoms with van der Waals surface area (Å²) in [5, 5.41) is 30.5. The monoisotopic (exact) mass is 1660 g/mol. The van der Waals surface area contributed by atoms with Crippen LogP contribution in [0.1, 0.15) is 28.4 Å². The van der Waals surface area contributed by atoms with E-state index < -0.39 is 53.6 Å². The largest absolute Gasteiger partial charge is 0.573 e. The number of nitrogens with one attached hydrogen (secondary N) is 11.